The summed E-state index contributed by atoms with van der Waals surface area (Å²) in [5.41, 5.74) is 1.36. The maximum atomic E-state index is 5.46. The molecule has 1 fully saturated rings. The smallest absolute Gasteiger partial charge is 0.193 e. The Kier molecular flexibility index (Phi) is 10.1. The molecule has 152 valence electrons. The number of methoxy groups -OCH3 is 1. The molecule has 0 radical (unpaired) electrons. The summed E-state index contributed by atoms with van der Waals surface area (Å²) in [5, 5.41) is 3.43. The van der Waals surface area contributed by atoms with E-state index in [1.165, 1.54) is 24.8 Å². The Labute approximate surface area is 165 Å². The first-order chi connectivity index (χ1) is 13.2. The zero-order chi connectivity index (χ0) is 19.3. The van der Waals surface area contributed by atoms with Gasteiger partial charge < -0.3 is 19.7 Å². The molecule has 5 nitrogen and oxygen atoms in total. The fourth-order valence-electron chi connectivity index (χ4n) is 3.40. The van der Waals surface area contributed by atoms with Crippen LogP contribution in [-0.4, -0.2) is 57.9 Å². The van der Waals surface area contributed by atoms with Crippen molar-refractivity contribution in [2.24, 2.45) is 10.9 Å². The van der Waals surface area contributed by atoms with Gasteiger partial charge >= 0.3 is 0 Å². The van der Waals surface area contributed by atoms with Crippen LogP contribution in [0, 0.1) is 5.92 Å². The number of unbranched alkanes of at least 4 members (excludes halogenated alkanes) is 1. The summed E-state index contributed by atoms with van der Waals surface area (Å²) in [6.45, 7) is 6.83. The van der Waals surface area contributed by atoms with Crippen LogP contribution in [0.4, 0.5) is 0 Å². The maximum absolute atomic E-state index is 5.46. The number of rotatable bonds is 10. The molecular weight excluding hydrogens is 338 g/mol. The summed E-state index contributed by atoms with van der Waals surface area (Å²) in [5.74, 6) is 2.75. The van der Waals surface area contributed by atoms with Crippen LogP contribution in [-0.2, 0) is 11.2 Å². The summed E-state index contributed by atoms with van der Waals surface area (Å²) in [6.07, 6.45) is 6.98. The van der Waals surface area contributed by atoms with Crippen molar-refractivity contribution in [1.82, 2.24) is 10.2 Å². The van der Waals surface area contributed by atoms with Crippen LogP contribution in [0.3, 0.4) is 0 Å². The predicted octanol–water partition coefficient (Wildman–Crippen LogP) is 3.73. The molecule has 0 aromatic heterocycles. The van der Waals surface area contributed by atoms with Gasteiger partial charge in [-0.15, -0.1) is 0 Å². The lowest BCUT2D eigenvalue weighted by Crippen LogP contribution is -2.40. The Morgan fingerprint density at radius 1 is 1.22 bits per heavy atom. The molecule has 1 heterocycles. The van der Waals surface area contributed by atoms with Crippen LogP contribution in [0.2, 0.25) is 0 Å². The fourth-order valence-corrected chi connectivity index (χ4v) is 3.40. The number of aryl methyl sites for hydroxylation is 1. The molecule has 27 heavy (non-hydrogen) atoms. The van der Waals surface area contributed by atoms with Gasteiger partial charge in [-0.05, 0) is 69.1 Å². The fraction of sp³-hybridized carbons (Fsp3) is 0.682. The average molecular weight is 376 g/mol. The van der Waals surface area contributed by atoms with E-state index in [1.54, 1.807) is 7.11 Å². The highest BCUT2D eigenvalue weighted by atomic mass is 16.5. The van der Waals surface area contributed by atoms with E-state index in [0.29, 0.717) is 0 Å². The highest BCUT2D eigenvalue weighted by molar-refractivity contribution is 5.79. The molecule has 0 aliphatic carbocycles. The van der Waals surface area contributed by atoms with Gasteiger partial charge in [0, 0.05) is 39.9 Å². The van der Waals surface area contributed by atoms with Gasteiger partial charge in [0.1, 0.15) is 5.75 Å². The Bertz CT molecular complexity index is 539. The highest BCUT2D eigenvalue weighted by Gasteiger charge is 2.15. The molecule has 2 rings (SSSR count). The standard InChI is InChI=1S/C22H37N3O2/c1-4-23-22(25(2)16-12-20-13-17-27-18-14-20)24-15-6-5-7-19-8-10-21(26-3)11-9-19/h8-11,20H,4-7,12-18H2,1-3H3,(H,23,24). The van der Waals surface area contributed by atoms with Crippen molar-refractivity contribution < 1.29 is 9.47 Å². The van der Waals surface area contributed by atoms with E-state index in [9.17, 15) is 0 Å². The van der Waals surface area contributed by atoms with Crippen molar-refractivity contribution in [1.29, 1.82) is 0 Å². The molecule has 0 saturated carbocycles. The molecule has 1 aliphatic rings. The topological polar surface area (TPSA) is 46.1 Å². The van der Waals surface area contributed by atoms with E-state index in [2.05, 4.69) is 36.3 Å². The van der Waals surface area contributed by atoms with Crippen LogP contribution in [0.5, 0.6) is 5.75 Å². The molecule has 1 aliphatic heterocycles. The van der Waals surface area contributed by atoms with Gasteiger partial charge in [-0.2, -0.15) is 0 Å². The Morgan fingerprint density at radius 3 is 2.63 bits per heavy atom. The lowest BCUT2D eigenvalue weighted by atomic mass is 9.96. The predicted molar refractivity (Wildman–Crippen MR) is 113 cm³/mol. The van der Waals surface area contributed by atoms with Crippen LogP contribution in [0.25, 0.3) is 0 Å². The van der Waals surface area contributed by atoms with Crippen molar-refractivity contribution in [3.05, 3.63) is 29.8 Å². The quantitative estimate of drug-likeness (QED) is 0.384. The van der Waals surface area contributed by atoms with Crippen LogP contribution in [0.15, 0.2) is 29.3 Å². The van der Waals surface area contributed by atoms with Crippen molar-refractivity contribution in [2.75, 3.05) is 47.0 Å². The number of aliphatic imine (C=N–C) groups is 1. The van der Waals surface area contributed by atoms with E-state index in [1.807, 2.05) is 12.1 Å². The zero-order valence-electron chi connectivity index (χ0n) is 17.4. The number of nitrogens with one attached hydrogen (secondary N) is 1. The second-order valence-electron chi connectivity index (χ2n) is 7.31. The summed E-state index contributed by atoms with van der Waals surface area (Å²) in [6, 6.07) is 8.36. The number of hydrogen-bond donors (Lipinski definition) is 1. The van der Waals surface area contributed by atoms with E-state index >= 15 is 0 Å². The molecule has 0 bridgehead atoms. The van der Waals surface area contributed by atoms with Crippen molar-refractivity contribution in [2.45, 2.75) is 45.4 Å². The molecular formula is C22H37N3O2. The third kappa shape index (κ3) is 8.21. The van der Waals surface area contributed by atoms with E-state index in [0.717, 1.165) is 69.7 Å². The summed E-state index contributed by atoms with van der Waals surface area (Å²) < 4.78 is 10.7. The Hall–Kier alpha value is -1.75. The lowest BCUT2D eigenvalue weighted by Gasteiger charge is -2.26. The Morgan fingerprint density at radius 2 is 1.96 bits per heavy atom. The molecule has 0 amide bonds. The molecule has 1 aromatic carbocycles. The Balaban J connectivity index is 1.69. The molecule has 5 heteroatoms. The average Bonchev–Trinajstić information content (AvgIpc) is 2.72. The van der Waals surface area contributed by atoms with E-state index < -0.39 is 0 Å². The second-order valence-corrected chi connectivity index (χ2v) is 7.31. The van der Waals surface area contributed by atoms with Gasteiger partial charge in [0.05, 0.1) is 7.11 Å². The first-order valence-corrected chi connectivity index (χ1v) is 10.4. The number of hydrogen-bond acceptors (Lipinski definition) is 3. The van der Waals surface area contributed by atoms with E-state index in [4.69, 9.17) is 14.5 Å². The molecule has 1 saturated heterocycles. The highest BCUT2D eigenvalue weighted by Crippen LogP contribution is 2.18. The van der Waals surface area contributed by atoms with Gasteiger partial charge in [-0.3, -0.25) is 4.99 Å². The second kappa shape index (κ2) is 12.6. The number of ether oxygens (including phenoxy) is 2. The van der Waals surface area contributed by atoms with Gasteiger partial charge in [0.15, 0.2) is 5.96 Å². The monoisotopic (exact) mass is 375 g/mol. The molecule has 0 atom stereocenters. The molecule has 1 N–H and O–H groups in total. The SMILES string of the molecule is CCNC(=NCCCCc1ccc(OC)cc1)N(C)CCC1CCOCC1. The summed E-state index contributed by atoms with van der Waals surface area (Å²) in [4.78, 5) is 7.10. The number of benzene rings is 1. The molecule has 1 aromatic rings. The minimum absolute atomic E-state index is 0.800. The normalized spacial score (nSPS) is 15.6. The van der Waals surface area contributed by atoms with Crippen molar-refractivity contribution in [3.63, 3.8) is 0 Å². The van der Waals surface area contributed by atoms with Gasteiger partial charge in [0.2, 0.25) is 0 Å². The van der Waals surface area contributed by atoms with Crippen LogP contribution in [0.1, 0.15) is 44.6 Å². The molecule has 0 spiro atoms. The van der Waals surface area contributed by atoms with Gasteiger partial charge in [-0.25, -0.2) is 0 Å². The molecule has 0 unspecified atom stereocenters. The van der Waals surface area contributed by atoms with Crippen LogP contribution >= 0.6 is 0 Å². The van der Waals surface area contributed by atoms with Gasteiger partial charge in [-0.1, -0.05) is 12.1 Å². The van der Waals surface area contributed by atoms with E-state index in [-0.39, 0.29) is 0 Å². The number of guanidine groups is 1. The van der Waals surface area contributed by atoms with Crippen LogP contribution < -0.4 is 10.1 Å². The first-order valence-electron chi connectivity index (χ1n) is 10.4. The number of nitrogens with zero attached hydrogens (tertiary/aromatic N) is 2. The van der Waals surface area contributed by atoms with Gasteiger partial charge in [0.25, 0.3) is 0 Å². The lowest BCUT2D eigenvalue weighted by molar-refractivity contribution is 0.0625. The maximum Gasteiger partial charge on any atom is 0.193 e. The third-order valence-corrected chi connectivity index (χ3v) is 5.20. The third-order valence-electron chi connectivity index (χ3n) is 5.20. The summed E-state index contributed by atoms with van der Waals surface area (Å²) in [7, 11) is 3.85. The first kappa shape index (κ1) is 21.5. The zero-order valence-corrected chi connectivity index (χ0v) is 17.4. The van der Waals surface area contributed by atoms with Crippen molar-refractivity contribution in [3.8, 4) is 5.75 Å². The minimum Gasteiger partial charge on any atom is -0.497 e. The summed E-state index contributed by atoms with van der Waals surface area (Å²) >= 11 is 0. The van der Waals surface area contributed by atoms with Crippen molar-refractivity contribution >= 4 is 5.96 Å². The minimum atomic E-state index is 0.800. The largest absolute Gasteiger partial charge is 0.497 e.